The van der Waals surface area contributed by atoms with E-state index in [2.05, 4.69) is 20.8 Å². The van der Waals surface area contributed by atoms with Gasteiger partial charge in [0, 0.05) is 6.04 Å². The van der Waals surface area contributed by atoms with Gasteiger partial charge < -0.3 is 10.5 Å². The molecule has 80 valence electrons. The second-order valence-electron chi connectivity index (χ2n) is 4.72. The van der Waals surface area contributed by atoms with Crippen LogP contribution in [0.4, 0.5) is 0 Å². The van der Waals surface area contributed by atoms with Gasteiger partial charge in [0.05, 0.1) is 11.7 Å². The summed E-state index contributed by atoms with van der Waals surface area (Å²) >= 11 is 0. The minimum Gasteiger partial charge on any atom is -0.371 e. The molecule has 0 spiro atoms. The molecule has 1 aliphatic carbocycles. The van der Waals surface area contributed by atoms with Crippen LogP contribution >= 0.6 is 12.4 Å². The second kappa shape index (κ2) is 5.18. The fourth-order valence-electron chi connectivity index (χ4n) is 1.73. The van der Waals surface area contributed by atoms with Crippen molar-refractivity contribution in [1.82, 2.24) is 0 Å². The summed E-state index contributed by atoms with van der Waals surface area (Å²) in [7, 11) is 0. The Labute approximate surface area is 87.6 Å². The van der Waals surface area contributed by atoms with E-state index >= 15 is 0 Å². The summed E-state index contributed by atoms with van der Waals surface area (Å²) in [5.41, 5.74) is 5.92. The minimum atomic E-state index is -0.0420. The maximum absolute atomic E-state index is 5.96. The zero-order valence-corrected chi connectivity index (χ0v) is 9.69. The van der Waals surface area contributed by atoms with Gasteiger partial charge in [-0.3, -0.25) is 0 Å². The van der Waals surface area contributed by atoms with Gasteiger partial charge >= 0.3 is 0 Å². The van der Waals surface area contributed by atoms with Gasteiger partial charge in [0.25, 0.3) is 0 Å². The Bertz CT molecular complexity index is 144. The third kappa shape index (κ3) is 4.84. The highest BCUT2D eigenvalue weighted by Gasteiger charge is 2.26. The molecule has 0 aromatic rings. The summed E-state index contributed by atoms with van der Waals surface area (Å²) in [5.74, 6) is 0. The van der Waals surface area contributed by atoms with Crippen LogP contribution < -0.4 is 5.73 Å². The smallest absolute Gasteiger partial charge is 0.0733 e. The first-order chi connectivity index (χ1) is 5.49. The van der Waals surface area contributed by atoms with Crippen LogP contribution in [-0.2, 0) is 4.74 Å². The molecule has 0 unspecified atom stereocenters. The first-order valence-corrected chi connectivity index (χ1v) is 4.92. The van der Waals surface area contributed by atoms with E-state index in [-0.39, 0.29) is 24.0 Å². The maximum Gasteiger partial charge on any atom is 0.0733 e. The molecule has 0 amide bonds. The van der Waals surface area contributed by atoms with Gasteiger partial charge in [-0.25, -0.2) is 0 Å². The van der Waals surface area contributed by atoms with Crippen molar-refractivity contribution in [3.8, 4) is 0 Å². The zero-order valence-electron chi connectivity index (χ0n) is 8.88. The fourth-order valence-corrected chi connectivity index (χ4v) is 1.73. The van der Waals surface area contributed by atoms with Crippen molar-refractivity contribution in [3.63, 3.8) is 0 Å². The van der Waals surface area contributed by atoms with Crippen LogP contribution in [0.15, 0.2) is 0 Å². The Morgan fingerprint density at radius 2 is 1.69 bits per heavy atom. The van der Waals surface area contributed by atoms with E-state index in [0.717, 1.165) is 12.8 Å². The molecule has 1 saturated carbocycles. The molecular formula is C10H22ClNO. The minimum absolute atomic E-state index is 0. The molecule has 1 fully saturated rings. The largest absolute Gasteiger partial charge is 0.371 e. The van der Waals surface area contributed by atoms with Crippen LogP contribution in [0.3, 0.4) is 0 Å². The number of halogens is 1. The van der Waals surface area contributed by atoms with Gasteiger partial charge in [-0.05, 0) is 33.6 Å². The zero-order chi connectivity index (χ0) is 9.19. The standard InChI is InChI=1S/C10H21NO.ClH/c1-10(2,3)12-9-7-5-4-6-8(9)11;/h8-9H,4-7,11H2,1-3H3;1H/t8-,9-;/m1./s1. The topological polar surface area (TPSA) is 35.2 Å². The summed E-state index contributed by atoms with van der Waals surface area (Å²) in [6, 6.07) is 0.262. The van der Waals surface area contributed by atoms with Gasteiger partial charge in [-0.1, -0.05) is 12.8 Å². The van der Waals surface area contributed by atoms with Crippen LogP contribution in [0, 0.1) is 0 Å². The molecule has 0 heterocycles. The molecule has 0 bridgehead atoms. The Morgan fingerprint density at radius 1 is 1.15 bits per heavy atom. The summed E-state index contributed by atoms with van der Waals surface area (Å²) in [4.78, 5) is 0. The normalized spacial score (nSPS) is 29.5. The van der Waals surface area contributed by atoms with Crippen LogP contribution in [0.1, 0.15) is 46.5 Å². The Morgan fingerprint density at radius 3 is 2.15 bits per heavy atom. The fraction of sp³-hybridized carbons (Fsp3) is 1.00. The highest BCUT2D eigenvalue weighted by atomic mass is 35.5. The van der Waals surface area contributed by atoms with Crippen LogP contribution in [0.5, 0.6) is 0 Å². The van der Waals surface area contributed by atoms with Gasteiger partial charge in [-0.15, -0.1) is 12.4 Å². The van der Waals surface area contributed by atoms with Gasteiger partial charge in [-0.2, -0.15) is 0 Å². The predicted molar refractivity (Wildman–Crippen MR) is 58.3 cm³/mol. The molecule has 0 aromatic carbocycles. The quantitative estimate of drug-likeness (QED) is 0.717. The van der Waals surface area contributed by atoms with Gasteiger partial charge in [0.2, 0.25) is 0 Å². The lowest BCUT2D eigenvalue weighted by molar-refractivity contribution is -0.0813. The third-order valence-corrected chi connectivity index (χ3v) is 2.26. The SMILES string of the molecule is CC(C)(C)O[C@@H]1CCCC[C@H]1N.Cl. The lowest BCUT2D eigenvalue weighted by Gasteiger charge is -2.34. The molecular weight excluding hydrogens is 186 g/mol. The van der Waals surface area contributed by atoms with E-state index in [4.69, 9.17) is 10.5 Å². The third-order valence-electron chi connectivity index (χ3n) is 2.26. The molecule has 3 heteroatoms. The maximum atomic E-state index is 5.96. The first kappa shape index (κ1) is 13.2. The molecule has 0 aromatic heterocycles. The number of hydrogen-bond acceptors (Lipinski definition) is 2. The van der Waals surface area contributed by atoms with Gasteiger partial charge in [0.1, 0.15) is 0 Å². The molecule has 1 aliphatic rings. The summed E-state index contributed by atoms with van der Waals surface area (Å²) in [5, 5.41) is 0. The van der Waals surface area contributed by atoms with E-state index in [1.807, 2.05) is 0 Å². The van der Waals surface area contributed by atoms with Gasteiger partial charge in [0.15, 0.2) is 0 Å². The van der Waals surface area contributed by atoms with E-state index in [9.17, 15) is 0 Å². The lowest BCUT2D eigenvalue weighted by atomic mass is 9.92. The molecule has 1 rings (SSSR count). The van der Waals surface area contributed by atoms with Crippen molar-refractivity contribution >= 4 is 12.4 Å². The molecule has 13 heavy (non-hydrogen) atoms. The van der Waals surface area contributed by atoms with E-state index in [1.165, 1.54) is 12.8 Å². The average molecular weight is 208 g/mol. The lowest BCUT2D eigenvalue weighted by Crippen LogP contribution is -2.43. The Kier molecular flexibility index (Phi) is 5.26. The highest BCUT2D eigenvalue weighted by Crippen LogP contribution is 2.23. The van der Waals surface area contributed by atoms with Crippen molar-refractivity contribution in [2.24, 2.45) is 5.73 Å². The van der Waals surface area contributed by atoms with Crippen LogP contribution in [0.25, 0.3) is 0 Å². The van der Waals surface area contributed by atoms with E-state index in [1.54, 1.807) is 0 Å². The first-order valence-electron chi connectivity index (χ1n) is 4.92. The van der Waals surface area contributed by atoms with Crippen LogP contribution in [-0.4, -0.2) is 17.7 Å². The van der Waals surface area contributed by atoms with Crippen molar-refractivity contribution < 1.29 is 4.74 Å². The molecule has 2 nitrogen and oxygen atoms in total. The van der Waals surface area contributed by atoms with E-state index < -0.39 is 0 Å². The summed E-state index contributed by atoms with van der Waals surface area (Å²) < 4.78 is 5.87. The second-order valence-corrected chi connectivity index (χ2v) is 4.72. The summed E-state index contributed by atoms with van der Waals surface area (Å²) in [6.45, 7) is 6.27. The highest BCUT2D eigenvalue weighted by molar-refractivity contribution is 5.85. The number of hydrogen-bond donors (Lipinski definition) is 1. The molecule has 0 radical (unpaired) electrons. The Hall–Kier alpha value is 0.210. The monoisotopic (exact) mass is 207 g/mol. The molecule has 0 saturated heterocycles. The summed E-state index contributed by atoms with van der Waals surface area (Å²) in [6.07, 6.45) is 5.09. The molecule has 2 atom stereocenters. The van der Waals surface area contributed by atoms with Crippen molar-refractivity contribution in [2.75, 3.05) is 0 Å². The number of rotatable bonds is 1. The van der Waals surface area contributed by atoms with Crippen molar-refractivity contribution in [1.29, 1.82) is 0 Å². The number of ether oxygens (including phenoxy) is 1. The van der Waals surface area contributed by atoms with Crippen LogP contribution in [0.2, 0.25) is 0 Å². The van der Waals surface area contributed by atoms with E-state index in [0.29, 0.717) is 6.10 Å². The predicted octanol–water partition coefficient (Wildman–Crippen LogP) is 2.49. The Balaban J connectivity index is 0.00000144. The average Bonchev–Trinajstić information content (AvgIpc) is 1.91. The number of nitrogens with two attached hydrogens (primary N) is 1. The van der Waals surface area contributed by atoms with Crippen molar-refractivity contribution in [2.45, 2.75) is 64.2 Å². The molecule has 0 aliphatic heterocycles. The molecule has 2 N–H and O–H groups in total. The van der Waals surface area contributed by atoms with Crippen molar-refractivity contribution in [3.05, 3.63) is 0 Å².